The van der Waals surface area contributed by atoms with Crippen molar-refractivity contribution in [3.63, 3.8) is 0 Å². The minimum atomic E-state index is -0.832. The van der Waals surface area contributed by atoms with Crippen molar-refractivity contribution in [2.75, 3.05) is 6.54 Å². The highest BCUT2D eigenvalue weighted by atomic mass is 35.5. The smallest absolute Gasteiger partial charge is 0.410 e. The van der Waals surface area contributed by atoms with Gasteiger partial charge in [-0.2, -0.15) is 0 Å². The van der Waals surface area contributed by atoms with Crippen molar-refractivity contribution < 1.29 is 33.8 Å². The van der Waals surface area contributed by atoms with E-state index in [1.165, 1.54) is 5.57 Å². The number of allylic oxidation sites excluding steroid dienone is 2. The van der Waals surface area contributed by atoms with Crippen molar-refractivity contribution in [3.8, 4) is 0 Å². The van der Waals surface area contributed by atoms with Gasteiger partial charge in [0.25, 0.3) is 0 Å². The minimum absolute atomic E-state index is 0.00555. The Bertz CT molecular complexity index is 1930. The third-order valence-electron chi connectivity index (χ3n) is 18.4. The van der Waals surface area contributed by atoms with Crippen molar-refractivity contribution in [3.05, 3.63) is 46.0 Å². The molecule has 8 nitrogen and oxygen atoms in total. The number of amides is 1. The topological polar surface area (TPSA) is 110 Å². The summed E-state index contributed by atoms with van der Waals surface area (Å²) in [7, 11) is 0. The van der Waals surface area contributed by atoms with Crippen LogP contribution in [0.5, 0.6) is 0 Å². The molecule has 0 heterocycles. The number of hydrogen-bond donors (Lipinski definition) is 1. The number of ether oxygens (including phenoxy) is 2. The van der Waals surface area contributed by atoms with Crippen LogP contribution >= 0.6 is 11.6 Å². The van der Waals surface area contributed by atoms with E-state index in [4.69, 9.17) is 21.1 Å². The van der Waals surface area contributed by atoms with Gasteiger partial charge in [0.15, 0.2) is 5.78 Å². The molecule has 332 valence electrons. The summed E-state index contributed by atoms with van der Waals surface area (Å²) in [6.45, 7) is 27.1. The van der Waals surface area contributed by atoms with Crippen LogP contribution in [0.3, 0.4) is 0 Å². The summed E-state index contributed by atoms with van der Waals surface area (Å²) in [5.74, 6) is -0.348. The van der Waals surface area contributed by atoms with Gasteiger partial charge in [-0.15, -0.1) is 0 Å². The fourth-order valence-corrected chi connectivity index (χ4v) is 15.1. The third-order valence-corrected chi connectivity index (χ3v) is 18.7. The Morgan fingerprint density at radius 1 is 0.850 bits per heavy atom. The van der Waals surface area contributed by atoms with Gasteiger partial charge in [-0.3, -0.25) is 14.4 Å². The molecule has 0 radical (unpaired) electrons. The fraction of sp³-hybridized carbons (Fsp3) is 0.765. The Morgan fingerprint density at radius 2 is 1.52 bits per heavy atom. The molecule has 0 unspecified atom stereocenters. The van der Waals surface area contributed by atoms with Crippen LogP contribution in [0.1, 0.15) is 159 Å². The number of carboxylic acids is 1. The van der Waals surface area contributed by atoms with Gasteiger partial charge in [-0.25, -0.2) is 4.79 Å². The Labute approximate surface area is 365 Å². The fourth-order valence-electron chi connectivity index (χ4n) is 14.9. The van der Waals surface area contributed by atoms with Gasteiger partial charge < -0.3 is 19.5 Å². The molecular formula is C51H74ClNO7. The SMILES string of the molecule is CC(C)C1=C2[C@H]3CC[C@@H]4[C@@]5(C)CC[C@H](OC(=O)[C@H]6C[C@@H](C(=O)O)C6(C)C)C(C)(C)[C@@H]5CC[C@@]4(C)[C@]3(C)CC[C@@]2(CCN(Cc2ccc(Cl)cc2)C(=O)OC(C)(C)C)CC1=O. The van der Waals surface area contributed by atoms with E-state index >= 15 is 0 Å². The van der Waals surface area contributed by atoms with Crippen molar-refractivity contribution in [1.82, 2.24) is 4.90 Å². The predicted molar refractivity (Wildman–Crippen MR) is 235 cm³/mol. The number of fused-ring (bicyclic) bond motifs is 7. The van der Waals surface area contributed by atoms with Crippen LogP contribution in [0, 0.1) is 68.0 Å². The number of Topliss-reactive ketones (excluding diaryl/α,β-unsaturated/α-hetero) is 1. The zero-order valence-corrected chi connectivity index (χ0v) is 39.5. The minimum Gasteiger partial charge on any atom is -0.481 e. The maximum atomic E-state index is 14.3. The second-order valence-electron chi connectivity index (χ2n) is 23.5. The van der Waals surface area contributed by atoms with E-state index in [1.807, 2.05) is 63.8 Å². The van der Waals surface area contributed by atoms with E-state index in [-0.39, 0.29) is 57.1 Å². The number of aliphatic carboxylic acids is 1. The van der Waals surface area contributed by atoms with E-state index in [2.05, 4.69) is 48.5 Å². The molecule has 10 atom stereocenters. The molecule has 6 aliphatic carbocycles. The summed E-state index contributed by atoms with van der Waals surface area (Å²) in [5, 5.41) is 10.4. The molecule has 1 amide bonds. The first-order chi connectivity index (χ1) is 27.7. The molecule has 0 saturated heterocycles. The third kappa shape index (κ3) is 7.17. The number of ketones is 1. The number of hydrogen-bond acceptors (Lipinski definition) is 6. The maximum Gasteiger partial charge on any atom is 0.410 e. The van der Waals surface area contributed by atoms with Crippen LogP contribution in [-0.2, 0) is 30.4 Å². The molecule has 1 aromatic rings. The molecular weight excluding hydrogens is 774 g/mol. The molecule has 0 spiro atoms. The second kappa shape index (κ2) is 15.1. The Kier molecular flexibility index (Phi) is 11.4. The van der Waals surface area contributed by atoms with E-state index in [9.17, 15) is 24.3 Å². The summed E-state index contributed by atoms with van der Waals surface area (Å²) in [4.78, 5) is 55.5. The highest BCUT2D eigenvalue weighted by Crippen LogP contribution is 2.77. The Morgan fingerprint density at radius 3 is 2.12 bits per heavy atom. The number of nitrogens with zero attached hydrogens (tertiary/aromatic N) is 1. The van der Waals surface area contributed by atoms with Crippen LogP contribution in [-0.4, -0.2) is 52.1 Å². The van der Waals surface area contributed by atoms with Crippen molar-refractivity contribution >= 4 is 35.4 Å². The van der Waals surface area contributed by atoms with Gasteiger partial charge in [0.05, 0.1) is 11.8 Å². The lowest BCUT2D eigenvalue weighted by Crippen LogP contribution is -2.66. The molecule has 5 saturated carbocycles. The van der Waals surface area contributed by atoms with Gasteiger partial charge in [0.2, 0.25) is 0 Å². The molecule has 0 aromatic heterocycles. The normalized spacial score (nSPS) is 37.9. The second-order valence-corrected chi connectivity index (χ2v) is 24.0. The number of carboxylic acid groups (broad SMARTS) is 1. The monoisotopic (exact) mass is 848 g/mol. The molecule has 0 bridgehead atoms. The molecule has 6 aliphatic rings. The van der Waals surface area contributed by atoms with Crippen LogP contribution in [0.4, 0.5) is 4.79 Å². The standard InChI is InChI=1S/C51H74ClNO7/c1-30(2)40-36(54)28-51(25-26-53(44(58)60-45(3,4)5)29-31-13-15-32(52)16-14-31)24-23-49(11)33(41(40)51)17-18-38-48(10)21-20-39(47(8,9)37(48)19-22-50(38,49)12)59-43(57)35-27-34(42(55)56)46(35,6)7/h13-16,30,33-35,37-39H,17-29H2,1-12H3,(H,55,56)/t33-,34+,35-,37+,38-,39+,48+,49-,50-,51-/m1/s1. The van der Waals surface area contributed by atoms with Crippen LogP contribution < -0.4 is 0 Å². The highest BCUT2D eigenvalue weighted by Gasteiger charge is 2.70. The average Bonchev–Trinajstić information content (AvgIpc) is 3.43. The van der Waals surface area contributed by atoms with Crippen LogP contribution in [0.15, 0.2) is 35.4 Å². The van der Waals surface area contributed by atoms with Gasteiger partial charge in [0, 0.05) is 35.4 Å². The predicted octanol–water partition coefficient (Wildman–Crippen LogP) is 12.1. The first-order valence-corrected chi connectivity index (χ1v) is 23.5. The number of halogens is 1. The zero-order chi connectivity index (χ0) is 44.2. The Balaban J connectivity index is 1.14. The van der Waals surface area contributed by atoms with E-state index in [1.54, 1.807) is 0 Å². The van der Waals surface area contributed by atoms with E-state index in [0.29, 0.717) is 54.5 Å². The number of carbonyl (C=O) groups is 4. The molecule has 60 heavy (non-hydrogen) atoms. The van der Waals surface area contributed by atoms with E-state index in [0.717, 1.165) is 68.9 Å². The first kappa shape index (κ1) is 45.2. The Hall–Kier alpha value is -2.87. The van der Waals surface area contributed by atoms with Crippen LogP contribution in [0.25, 0.3) is 0 Å². The summed E-state index contributed by atoms with van der Waals surface area (Å²) in [5.41, 5.74) is 1.85. The highest BCUT2D eigenvalue weighted by molar-refractivity contribution is 6.30. The molecule has 1 N–H and O–H groups in total. The molecule has 5 fully saturated rings. The van der Waals surface area contributed by atoms with E-state index < -0.39 is 22.9 Å². The first-order valence-electron chi connectivity index (χ1n) is 23.2. The number of rotatable bonds is 9. The lowest BCUT2D eigenvalue weighted by atomic mass is 9.33. The number of esters is 1. The maximum absolute atomic E-state index is 14.3. The quantitative estimate of drug-likeness (QED) is 0.246. The lowest BCUT2D eigenvalue weighted by Gasteiger charge is -2.72. The van der Waals surface area contributed by atoms with Crippen LogP contribution in [0.2, 0.25) is 5.02 Å². The number of carbonyl (C=O) groups excluding carboxylic acids is 3. The summed E-state index contributed by atoms with van der Waals surface area (Å²) in [6, 6.07) is 7.65. The lowest BCUT2D eigenvalue weighted by molar-refractivity contribution is -0.236. The van der Waals surface area contributed by atoms with Gasteiger partial charge >= 0.3 is 18.0 Å². The average molecular weight is 849 g/mol. The summed E-state index contributed by atoms with van der Waals surface area (Å²) in [6.07, 6.45) is 9.21. The van der Waals surface area contributed by atoms with Crippen molar-refractivity contribution in [1.29, 1.82) is 0 Å². The zero-order valence-electron chi connectivity index (χ0n) is 38.8. The summed E-state index contributed by atoms with van der Waals surface area (Å²) >= 11 is 6.23. The number of benzene rings is 1. The van der Waals surface area contributed by atoms with Crippen molar-refractivity contribution in [2.24, 2.45) is 68.0 Å². The van der Waals surface area contributed by atoms with Crippen molar-refractivity contribution in [2.45, 2.75) is 172 Å². The molecule has 0 aliphatic heterocycles. The van der Waals surface area contributed by atoms with Gasteiger partial charge in [0.1, 0.15) is 11.7 Å². The molecule has 1 aromatic carbocycles. The molecule has 7 rings (SSSR count). The van der Waals surface area contributed by atoms with Gasteiger partial charge in [-0.1, -0.05) is 91.6 Å². The van der Waals surface area contributed by atoms with Gasteiger partial charge in [-0.05, 0) is 154 Å². The molecule has 9 heteroatoms. The summed E-state index contributed by atoms with van der Waals surface area (Å²) < 4.78 is 12.4. The largest absolute Gasteiger partial charge is 0.481 e.